The van der Waals surface area contributed by atoms with Crippen LogP contribution in [0.3, 0.4) is 0 Å². The zero-order valence-corrected chi connectivity index (χ0v) is 16.7. The molecule has 1 N–H and O–H groups in total. The number of aliphatic hydroxyl groups excluding tert-OH is 1. The molecule has 0 aliphatic carbocycles. The number of hydrogen-bond donors (Lipinski definition) is 1. The van der Waals surface area contributed by atoms with Crippen LogP contribution in [-0.2, 0) is 10.8 Å². The second-order valence-corrected chi connectivity index (χ2v) is 13.7. The highest BCUT2D eigenvalue weighted by atomic mass is 28.4. The molecule has 0 spiro atoms. The Morgan fingerprint density at radius 1 is 0.955 bits per heavy atom. The van der Waals surface area contributed by atoms with E-state index in [1.807, 2.05) is 18.2 Å². The number of benzene rings is 1. The summed E-state index contributed by atoms with van der Waals surface area (Å²) < 4.78 is 6.80. The first-order valence-electron chi connectivity index (χ1n) is 8.20. The molecule has 1 aromatic carbocycles. The first-order chi connectivity index (χ1) is 9.85. The van der Waals surface area contributed by atoms with Crippen molar-refractivity contribution in [3.05, 3.63) is 35.9 Å². The third-order valence-electron chi connectivity index (χ3n) is 5.21. The van der Waals surface area contributed by atoms with Crippen molar-refractivity contribution in [3.63, 3.8) is 0 Å². The van der Waals surface area contributed by atoms with E-state index >= 15 is 0 Å². The predicted molar refractivity (Wildman–Crippen MR) is 97.7 cm³/mol. The van der Waals surface area contributed by atoms with Gasteiger partial charge in [-0.1, -0.05) is 71.9 Å². The van der Waals surface area contributed by atoms with Crippen LogP contribution in [0.5, 0.6) is 0 Å². The average molecular weight is 323 g/mol. The van der Waals surface area contributed by atoms with E-state index in [-0.39, 0.29) is 17.1 Å². The summed E-state index contributed by atoms with van der Waals surface area (Å²) in [5.41, 5.74) is 0.509. The SMILES string of the molecule is CC(C)(C)C(CO)(Cc1ccccc1)O[Si](C)(C)C(C)(C)C. The highest BCUT2D eigenvalue weighted by Gasteiger charge is 2.50. The second kappa shape index (κ2) is 6.46. The van der Waals surface area contributed by atoms with Crippen molar-refractivity contribution in [2.24, 2.45) is 5.41 Å². The minimum Gasteiger partial charge on any atom is -0.408 e. The molecule has 0 aliphatic rings. The topological polar surface area (TPSA) is 29.5 Å². The van der Waals surface area contributed by atoms with Crippen LogP contribution < -0.4 is 0 Å². The molecule has 0 heterocycles. The van der Waals surface area contributed by atoms with Gasteiger partial charge in [0, 0.05) is 6.42 Å². The third-order valence-corrected chi connectivity index (χ3v) is 9.72. The van der Waals surface area contributed by atoms with Crippen LogP contribution in [0.25, 0.3) is 0 Å². The monoisotopic (exact) mass is 322 g/mol. The van der Waals surface area contributed by atoms with Gasteiger partial charge in [0.1, 0.15) is 0 Å². The summed E-state index contributed by atoms with van der Waals surface area (Å²) in [7, 11) is -1.98. The van der Waals surface area contributed by atoms with Crippen LogP contribution in [0.1, 0.15) is 47.1 Å². The van der Waals surface area contributed by atoms with Gasteiger partial charge in [0.2, 0.25) is 0 Å². The van der Waals surface area contributed by atoms with Crippen molar-refractivity contribution in [1.29, 1.82) is 0 Å². The van der Waals surface area contributed by atoms with Gasteiger partial charge in [-0.15, -0.1) is 0 Å². The van der Waals surface area contributed by atoms with Crippen LogP contribution in [-0.4, -0.2) is 25.6 Å². The summed E-state index contributed by atoms with van der Waals surface area (Å²) in [5.74, 6) is 0. The van der Waals surface area contributed by atoms with E-state index in [1.165, 1.54) is 5.56 Å². The predicted octanol–water partition coefficient (Wildman–Crippen LogP) is 5.03. The Morgan fingerprint density at radius 2 is 1.45 bits per heavy atom. The molecule has 22 heavy (non-hydrogen) atoms. The highest BCUT2D eigenvalue weighted by molar-refractivity contribution is 6.74. The van der Waals surface area contributed by atoms with Gasteiger partial charge in [-0.2, -0.15) is 0 Å². The lowest BCUT2D eigenvalue weighted by Crippen LogP contribution is -2.58. The van der Waals surface area contributed by atoms with E-state index in [4.69, 9.17) is 4.43 Å². The maximum atomic E-state index is 10.3. The Kier molecular flexibility index (Phi) is 5.70. The molecule has 0 radical (unpaired) electrons. The van der Waals surface area contributed by atoms with Gasteiger partial charge in [0.15, 0.2) is 8.32 Å². The minimum atomic E-state index is -1.98. The van der Waals surface area contributed by atoms with Gasteiger partial charge in [-0.05, 0) is 29.1 Å². The molecule has 0 saturated heterocycles. The smallest absolute Gasteiger partial charge is 0.192 e. The molecule has 1 rings (SSSR count). The van der Waals surface area contributed by atoms with E-state index in [9.17, 15) is 5.11 Å². The van der Waals surface area contributed by atoms with Crippen molar-refractivity contribution in [1.82, 2.24) is 0 Å². The quantitative estimate of drug-likeness (QED) is 0.771. The van der Waals surface area contributed by atoms with E-state index < -0.39 is 13.9 Å². The van der Waals surface area contributed by atoms with E-state index in [1.54, 1.807) is 0 Å². The first kappa shape index (κ1) is 19.4. The van der Waals surface area contributed by atoms with E-state index in [2.05, 4.69) is 66.8 Å². The molecular formula is C19H34O2Si. The third kappa shape index (κ3) is 4.21. The molecule has 1 atom stereocenters. The molecule has 2 nitrogen and oxygen atoms in total. The maximum Gasteiger partial charge on any atom is 0.192 e. The Bertz CT molecular complexity index is 468. The van der Waals surface area contributed by atoms with E-state index in [0.29, 0.717) is 0 Å². The van der Waals surface area contributed by atoms with Crippen LogP contribution in [0, 0.1) is 5.41 Å². The summed E-state index contributed by atoms with van der Waals surface area (Å²) in [5, 5.41) is 10.4. The molecule has 0 amide bonds. The number of aliphatic hydroxyl groups is 1. The second-order valence-electron chi connectivity index (χ2n) is 8.93. The average Bonchev–Trinajstić information content (AvgIpc) is 2.36. The van der Waals surface area contributed by atoms with Crippen LogP contribution in [0.4, 0.5) is 0 Å². The number of rotatable bonds is 5. The Labute approximate surface area is 138 Å². The lowest BCUT2D eigenvalue weighted by Gasteiger charge is -2.51. The lowest BCUT2D eigenvalue weighted by molar-refractivity contribution is -0.0821. The van der Waals surface area contributed by atoms with Crippen molar-refractivity contribution < 1.29 is 9.53 Å². The summed E-state index contributed by atoms with van der Waals surface area (Å²) in [6.07, 6.45) is 0.736. The van der Waals surface area contributed by atoms with Crippen molar-refractivity contribution in [2.45, 2.75) is 71.7 Å². The molecule has 0 aromatic heterocycles. The normalized spacial score (nSPS) is 16.4. The van der Waals surface area contributed by atoms with Crippen LogP contribution in [0.2, 0.25) is 18.1 Å². The molecule has 126 valence electrons. The van der Waals surface area contributed by atoms with Crippen molar-refractivity contribution in [2.75, 3.05) is 6.61 Å². The molecule has 0 fully saturated rings. The summed E-state index contributed by atoms with van der Waals surface area (Å²) in [4.78, 5) is 0. The zero-order valence-electron chi connectivity index (χ0n) is 15.7. The van der Waals surface area contributed by atoms with Gasteiger partial charge >= 0.3 is 0 Å². The zero-order chi connectivity index (χ0) is 17.2. The van der Waals surface area contributed by atoms with Gasteiger partial charge in [-0.25, -0.2) is 0 Å². The van der Waals surface area contributed by atoms with Gasteiger partial charge in [-0.3, -0.25) is 0 Å². The van der Waals surface area contributed by atoms with Crippen LogP contribution in [0.15, 0.2) is 30.3 Å². The van der Waals surface area contributed by atoms with Crippen LogP contribution >= 0.6 is 0 Å². The first-order valence-corrected chi connectivity index (χ1v) is 11.1. The lowest BCUT2D eigenvalue weighted by atomic mass is 9.73. The Morgan fingerprint density at radius 3 is 1.82 bits per heavy atom. The highest BCUT2D eigenvalue weighted by Crippen LogP contribution is 2.45. The van der Waals surface area contributed by atoms with Crippen molar-refractivity contribution in [3.8, 4) is 0 Å². The molecule has 0 saturated carbocycles. The summed E-state index contributed by atoms with van der Waals surface area (Å²) in [6.45, 7) is 17.8. The molecular weight excluding hydrogens is 288 g/mol. The Balaban J connectivity index is 3.24. The molecule has 0 aliphatic heterocycles. The molecule has 1 unspecified atom stereocenters. The van der Waals surface area contributed by atoms with E-state index in [0.717, 1.165) is 6.42 Å². The molecule has 3 heteroatoms. The van der Waals surface area contributed by atoms with Gasteiger partial charge < -0.3 is 9.53 Å². The largest absolute Gasteiger partial charge is 0.408 e. The van der Waals surface area contributed by atoms with Gasteiger partial charge in [0.25, 0.3) is 0 Å². The standard InChI is InChI=1S/C19H34O2Si/c1-17(2,3)19(15-20,14-16-12-10-9-11-13-16)21-22(7,8)18(4,5)6/h9-13,20H,14-15H2,1-8H3. The fraction of sp³-hybridized carbons (Fsp3) is 0.684. The fourth-order valence-electron chi connectivity index (χ4n) is 2.35. The maximum absolute atomic E-state index is 10.3. The van der Waals surface area contributed by atoms with Gasteiger partial charge in [0.05, 0.1) is 12.2 Å². The Hall–Kier alpha value is -0.643. The summed E-state index contributed by atoms with van der Waals surface area (Å²) >= 11 is 0. The summed E-state index contributed by atoms with van der Waals surface area (Å²) in [6, 6.07) is 10.4. The number of hydrogen-bond acceptors (Lipinski definition) is 2. The minimum absolute atomic E-state index is 0.0396. The molecule has 1 aromatic rings. The van der Waals surface area contributed by atoms with Crippen molar-refractivity contribution >= 4 is 8.32 Å². The molecule has 0 bridgehead atoms. The fourth-order valence-corrected chi connectivity index (χ4v) is 4.07.